The molecule has 2 aliphatic rings. The molecule has 0 saturated heterocycles. The molecule has 0 atom stereocenters. The molecule has 0 spiro atoms. The lowest BCUT2D eigenvalue weighted by Gasteiger charge is -2.39. The highest BCUT2D eigenvalue weighted by molar-refractivity contribution is 9.10. The summed E-state index contributed by atoms with van der Waals surface area (Å²) < 4.78 is 19.9. The minimum Gasteiger partial charge on any atom is -0.489 e. The highest BCUT2D eigenvalue weighted by atomic mass is 79.9. The second-order valence-electron chi connectivity index (χ2n) is 5.32. The van der Waals surface area contributed by atoms with Gasteiger partial charge in [0.25, 0.3) is 0 Å². The number of carboxylic acids is 1. The van der Waals surface area contributed by atoms with Crippen LogP contribution in [0.15, 0.2) is 16.6 Å². The number of hydrogen-bond acceptors (Lipinski definition) is 2. The van der Waals surface area contributed by atoms with Gasteiger partial charge in [-0.05, 0) is 53.7 Å². The van der Waals surface area contributed by atoms with Crippen LogP contribution in [0.5, 0.6) is 5.75 Å². The van der Waals surface area contributed by atoms with Gasteiger partial charge in [-0.25, -0.2) is 4.39 Å². The van der Waals surface area contributed by atoms with Gasteiger partial charge in [-0.3, -0.25) is 4.79 Å². The summed E-state index contributed by atoms with van der Waals surface area (Å²) in [5, 5.41) is 9.50. The van der Waals surface area contributed by atoms with Gasteiger partial charge in [0.1, 0.15) is 11.6 Å². The highest BCUT2D eigenvalue weighted by Gasteiger charge is 2.48. The molecule has 102 valence electrons. The van der Waals surface area contributed by atoms with Gasteiger partial charge in [0, 0.05) is 5.56 Å². The minimum atomic E-state index is -0.977. The van der Waals surface area contributed by atoms with E-state index in [4.69, 9.17) is 4.74 Å². The number of ether oxygens (including phenoxy) is 1. The first-order valence-corrected chi connectivity index (χ1v) is 7.22. The first-order valence-electron chi connectivity index (χ1n) is 6.42. The Morgan fingerprint density at radius 3 is 2.58 bits per heavy atom. The van der Waals surface area contributed by atoms with E-state index in [0.717, 1.165) is 19.3 Å². The molecule has 1 aromatic carbocycles. The summed E-state index contributed by atoms with van der Waals surface area (Å²) in [6.45, 7) is 0. The Kier molecular flexibility index (Phi) is 3.04. The molecule has 0 heterocycles. The van der Waals surface area contributed by atoms with E-state index in [0.29, 0.717) is 28.6 Å². The molecular weight excluding hydrogens is 315 g/mol. The fraction of sp³-hybridized carbons (Fsp3) is 0.500. The SMILES string of the molecule is O=C(O)C1(c2cc(F)cc(Br)c2OC2CC2)CCC1. The first kappa shape index (κ1) is 12.9. The van der Waals surface area contributed by atoms with Crippen LogP contribution in [0.2, 0.25) is 0 Å². The molecule has 0 aromatic heterocycles. The maximum Gasteiger partial charge on any atom is 0.314 e. The molecule has 19 heavy (non-hydrogen) atoms. The van der Waals surface area contributed by atoms with Gasteiger partial charge in [0.05, 0.1) is 16.0 Å². The molecule has 1 aromatic rings. The van der Waals surface area contributed by atoms with Crippen molar-refractivity contribution in [2.75, 3.05) is 0 Å². The number of aliphatic carboxylic acids is 1. The minimum absolute atomic E-state index is 0.145. The summed E-state index contributed by atoms with van der Waals surface area (Å²) >= 11 is 3.29. The lowest BCUT2D eigenvalue weighted by molar-refractivity contribution is -0.147. The number of hydrogen-bond donors (Lipinski definition) is 1. The zero-order valence-corrected chi connectivity index (χ0v) is 11.9. The van der Waals surface area contributed by atoms with Crippen LogP contribution < -0.4 is 4.74 Å². The topological polar surface area (TPSA) is 46.5 Å². The smallest absolute Gasteiger partial charge is 0.314 e. The molecule has 0 aliphatic heterocycles. The van der Waals surface area contributed by atoms with Crippen LogP contribution in [0.1, 0.15) is 37.7 Å². The van der Waals surface area contributed by atoms with E-state index in [1.807, 2.05) is 0 Å². The van der Waals surface area contributed by atoms with Crippen LogP contribution in [0.3, 0.4) is 0 Å². The van der Waals surface area contributed by atoms with Crippen molar-refractivity contribution >= 4 is 21.9 Å². The zero-order chi connectivity index (χ0) is 13.6. The molecule has 2 aliphatic carbocycles. The summed E-state index contributed by atoms with van der Waals surface area (Å²) in [4.78, 5) is 11.6. The fourth-order valence-electron chi connectivity index (χ4n) is 2.52. The van der Waals surface area contributed by atoms with E-state index in [-0.39, 0.29) is 6.10 Å². The average Bonchev–Trinajstić information content (AvgIpc) is 3.04. The van der Waals surface area contributed by atoms with Gasteiger partial charge in [-0.1, -0.05) is 6.42 Å². The van der Waals surface area contributed by atoms with Gasteiger partial charge in [-0.2, -0.15) is 0 Å². The third-order valence-corrected chi connectivity index (χ3v) is 4.54. The molecule has 0 radical (unpaired) electrons. The van der Waals surface area contributed by atoms with E-state index >= 15 is 0 Å². The molecule has 0 bridgehead atoms. The molecule has 0 amide bonds. The van der Waals surface area contributed by atoms with E-state index in [2.05, 4.69) is 15.9 Å². The van der Waals surface area contributed by atoms with Crippen molar-refractivity contribution in [3.63, 3.8) is 0 Å². The van der Waals surface area contributed by atoms with Crippen LogP contribution in [0, 0.1) is 5.82 Å². The van der Waals surface area contributed by atoms with E-state index < -0.39 is 17.2 Å². The monoisotopic (exact) mass is 328 g/mol. The van der Waals surface area contributed by atoms with Crippen LogP contribution in [-0.2, 0) is 10.2 Å². The summed E-state index contributed by atoms with van der Waals surface area (Å²) in [5.41, 5.74) is -0.500. The number of carbonyl (C=O) groups is 1. The van der Waals surface area contributed by atoms with E-state index in [9.17, 15) is 14.3 Å². The quantitative estimate of drug-likeness (QED) is 0.917. The third-order valence-electron chi connectivity index (χ3n) is 3.95. The predicted octanol–water partition coefficient (Wildman–Crippen LogP) is 3.64. The largest absolute Gasteiger partial charge is 0.489 e. The first-order chi connectivity index (χ1) is 9.03. The summed E-state index contributed by atoms with van der Waals surface area (Å²) in [7, 11) is 0. The number of rotatable bonds is 4. The van der Waals surface area contributed by atoms with Crippen molar-refractivity contribution in [3.8, 4) is 5.75 Å². The maximum atomic E-state index is 13.6. The molecule has 2 fully saturated rings. The number of benzene rings is 1. The summed E-state index contributed by atoms with van der Waals surface area (Å²) in [6, 6.07) is 2.64. The fourth-order valence-corrected chi connectivity index (χ4v) is 3.04. The van der Waals surface area contributed by atoms with E-state index in [1.54, 1.807) is 0 Å². The van der Waals surface area contributed by atoms with Crippen molar-refractivity contribution < 1.29 is 19.0 Å². The second kappa shape index (κ2) is 4.47. The van der Waals surface area contributed by atoms with Crippen molar-refractivity contribution in [2.45, 2.75) is 43.6 Å². The zero-order valence-electron chi connectivity index (χ0n) is 10.3. The van der Waals surface area contributed by atoms with Crippen LogP contribution >= 0.6 is 15.9 Å². The standard InChI is InChI=1S/C14H14BrFO3/c15-11-7-8(16)6-10(12(11)19-9-2-3-9)14(13(17)18)4-1-5-14/h6-7,9H,1-5H2,(H,17,18). The summed E-state index contributed by atoms with van der Waals surface area (Å²) in [6.07, 6.45) is 4.03. The third kappa shape index (κ3) is 2.14. The van der Waals surface area contributed by atoms with Gasteiger partial charge in [0.2, 0.25) is 0 Å². The van der Waals surface area contributed by atoms with Crippen molar-refractivity contribution in [1.82, 2.24) is 0 Å². The molecular formula is C14H14BrFO3. The van der Waals surface area contributed by atoms with Gasteiger partial charge in [0.15, 0.2) is 0 Å². The Morgan fingerprint density at radius 2 is 2.11 bits per heavy atom. The van der Waals surface area contributed by atoms with Gasteiger partial charge >= 0.3 is 5.97 Å². The number of carboxylic acid groups (broad SMARTS) is 1. The summed E-state index contributed by atoms with van der Waals surface area (Å²) in [5.74, 6) is -0.819. The Balaban J connectivity index is 2.09. The molecule has 3 rings (SSSR count). The lowest BCUT2D eigenvalue weighted by atomic mass is 9.64. The van der Waals surface area contributed by atoms with Crippen molar-refractivity contribution in [3.05, 3.63) is 28.0 Å². The normalized spacial score (nSPS) is 20.7. The predicted molar refractivity (Wildman–Crippen MR) is 70.9 cm³/mol. The second-order valence-corrected chi connectivity index (χ2v) is 6.18. The molecule has 2 saturated carbocycles. The van der Waals surface area contributed by atoms with Gasteiger partial charge in [-0.15, -0.1) is 0 Å². The van der Waals surface area contributed by atoms with Crippen LogP contribution in [0.25, 0.3) is 0 Å². The molecule has 3 nitrogen and oxygen atoms in total. The molecule has 5 heteroatoms. The Morgan fingerprint density at radius 1 is 1.42 bits per heavy atom. The lowest BCUT2D eigenvalue weighted by Crippen LogP contribution is -2.42. The average molecular weight is 329 g/mol. The molecule has 1 N–H and O–H groups in total. The maximum absolute atomic E-state index is 13.6. The molecule has 0 unspecified atom stereocenters. The van der Waals surface area contributed by atoms with Crippen LogP contribution in [0.4, 0.5) is 4.39 Å². The van der Waals surface area contributed by atoms with Gasteiger partial charge < -0.3 is 9.84 Å². The van der Waals surface area contributed by atoms with Crippen molar-refractivity contribution in [2.24, 2.45) is 0 Å². The Bertz CT molecular complexity index is 536. The Labute approximate surface area is 118 Å². The van der Waals surface area contributed by atoms with E-state index in [1.165, 1.54) is 12.1 Å². The van der Waals surface area contributed by atoms with Crippen LogP contribution in [-0.4, -0.2) is 17.2 Å². The Hall–Kier alpha value is -1.10. The highest BCUT2D eigenvalue weighted by Crippen LogP contribution is 2.50. The van der Waals surface area contributed by atoms with Crippen molar-refractivity contribution in [1.29, 1.82) is 0 Å². The number of halogens is 2.